The number of ether oxygens (including phenoxy) is 1. The van der Waals surface area contributed by atoms with Gasteiger partial charge >= 0.3 is 0 Å². The fraction of sp³-hybridized carbons (Fsp3) is 0.150. The molecule has 0 radical (unpaired) electrons. The van der Waals surface area contributed by atoms with Crippen molar-refractivity contribution >= 4 is 23.4 Å². The van der Waals surface area contributed by atoms with E-state index < -0.39 is 0 Å². The predicted octanol–water partition coefficient (Wildman–Crippen LogP) is 4.51. The molecule has 0 aliphatic carbocycles. The van der Waals surface area contributed by atoms with Gasteiger partial charge in [-0.05, 0) is 49.2 Å². The number of carbonyl (C=O) groups is 1. The van der Waals surface area contributed by atoms with E-state index in [0.29, 0.717) is 22.2 Å². The van der Waals surface area contributed by atoms with Crippen LogP contribution in [0.4, 0.5) is 5.69 Å². The lowest BCUT2D eigenvalue weighted by Crippen LogP contribution is -2.13. The number of carbonyl (C=O) groups excluding carboxylic acids is 1. The van der Waals surface area contributed by atoms with Gasteiger partial charge in [-0.3, -0.25) is 4.79 Å². The molecular weight excluding hydrogens is 346 g/mol. The maximum atomic E-state index is 12.7. The third-order valence-electron chi connectivity index (χ3n) is 3.77. The highest BCUT2D eigenvalue weighted by molar-refractivity contribution is 7.99. The lowest BCUT2D eigenvalue weighted by molar-refractivity contribution is 0.102. The van der Waals surface area contributed by atoms with Crippen molar-refractivity contribution in [1.29, 1.82) is 0 Å². The van der Waals surface area contributed by atoms with Crippen LogP contribution in [-0.4, -0.2) is 23.0 Å². The normalized spacial score (nSPS) is 10.4. The smallest absolute Gasteiger partial charge is 0.258 e. The summed E-state index contributed by atoms with van der Waals surface area (Å²) in [6.07, 6.45) is 3.25. The summed E-state index contributed by atoms with van der Waals surface area (Å²) >= 11 is 1.49. The Morgan fingerprint density at radius 3 is 2.69 bits per heavy atom. The first-order valence-electron chi connectivity index (χ1n) is 8.08. The highest BCUT2D eigenvalue weighted by atomic mass is 32.2. The summed E-state index contributed by atoms with van der Waals surface area (Å²) < 4.78 is 5.03. The summed E-state index contributed by atoms with van der Waals surface area (Å²) in [5.41, 5.74) is 3.44. The lowest BCUT2D eigenvalue weighted by atomic mass is 10.2. The molecule has 1 amide bonds. The molecule has 0 aliphatic rings. The minimum absolute atomic E-state index is 0.224. The molecular formula is C20H19N3O2S. The molecule has 132 valence electrons. The zero-order chi connectivity index (χ0) is 18.5. The monoisotopic (exact) mass is 365 g/mol. The number of pyridine rings is 2. The van der Waals surface area contributed by atoms with Gasteiger partial charge in [-0.15, -0.1) is 0 Å². The standard InChI is InChI=1S/C20H19N3O2S/c1-13-6-7-14(2)17(11-13)26-20-16(5-4-10-21-20)19(24)23-15-8-9-18(25-3)22-12-15/h4-12H,1-3H3,(H,23,24). The van der Waals surface area contributed by atoms with Crippen LogP contribution in [0.15, 0.2) is 64.8 Å². The van der Waals surface area contributed by atoms with Gasteiger partial charge in [0.15, 0.2) is 0 Å². The first-order valence-corrected chi connectivity index (χ1v) is 8.90. The molecule has 2 heterocycles. The topological polar surface area (TPSA) is 64.1 Å². The van der Waals surface area contributed by atoms with Crippen molar-refractivity contribution in [3.8, 4) is 5.88 Å². The van der Waals surface area contributed by atoms with Gasteiger partial charge in [-0.2, -0.15) is 0 Å². The molecule has 0 aliphatic heterocycles. The highest BCUT2D eigenvalue weighted by Crippen LogP contribution is 2.32. The summed E-state index contributed by atoms with van der Waals surface area (Å²) in [6.45, 7) is 4.10. The van der Waals surface area contributed by atoms with Crippen molar-refractivity contribution < 1.29 is 9.53 Å². The van der Waals surface area contributed by atoms with Crippen molar-refractivity contribution in [2.24, 2.45) is 0 Å². The maximum absolute atomic E-state index is 12.7. The SMILES string of the molecule is COc1ccc(NC(=O)c2cccnc2Sc2cc(C)ccc2C)cn1. The summed E-state index contributed by atoms with van der Waals surface area (Å²) in [7, 11) is 1.55. The number of nitrogens with zero attached hydrogens (tertiary/aromatic N) is 2. The predicted molar refractivity (Wildman–Crippen MR) is 103 cm³/mol. The van der Waals surface area contributed by atoms with Crippen LogP contribution in [0.3, 0.4) is 0 Å². The number of hydrogen-bond donors (Lipinski definition) is 1. The van der Waals surface area contributed by atoms with Crippen LogP contribution in [0.2, 0.25) is 0 Å². The van der Waals surface area contributed by atoms with E-state index in [4.69, 9.17) is 4.74 Å². The minimum atomic E-state index is -0.224. The van der Waals surface area contributed by atoms with Gasteiger partial charge in [0.05, 0.1) is 24.6 Å². The van der Waals surface area contributed by atoms with E-state index in [1.807, 2.05) is 13.8 Å². The zero-order valence-corrected chi connectivity index (χ0v) is 15.6. The molecule has 5 nitrogen and oxygen atoms in total. The maximum Gasteiger partial charge on any atom is 0.258 e. The van der Waals surface area contributed by atoms with Crippen LogP contribution in [-0.2, 0) is 0 Å². The van der Waals surface area contributed by atoms with E-state index in [1.165, 1.54) is 17.3 Å². The molecule has 0 saturated heterocycles. The van der Waals surface area contributed by atoms with E-state index in [0.717, 1.165) is 10.5 Å². The summed E-state index contributed by atoms with van der Waals surface area (Å²) in [6, 6.07) is 13.2. The number of methoxy groups -OCH3 is 1. The Hall–Kier alpha value is -2.86. The summed E-state index contributed by atoms with van der Waals surface area (Å²) in [5.74, 6) is 0.272. The lowest BCUT2D eigenvalue weighted by Gasteiger charge is -2.11. The third kappa shape index (κ3) is 4.21. The molecule has 26 heavy (non-hydrogen) atoms. The largest absolute Gasteiger partial charge is 0.481 e. The number of nitrogens with one attached hydrogen (secondary N) is 1. The van der Waals surface area contributed by atoms with E-state index in [9.17, 15) is 4.79 Å². The molecule has 0 unspecified atom stereocenters. The molecule has 0 bridgehead atoms. The number of rotatable bonds is 5. The van der Waals surface area contributed by atoms with E-state index in [2.05, 4.69) is 33.5 Å². The number of amides is 1. The zero-order valence-electron chi connectivity index (χ0n) is 14.8. The van der Waals surface area contributed by atoms with E-state index in [1.54, 1.807) is 43.8 Å². The Morgan fingerprint density at radius 2 is 1.96 bits per heavy atom. The average Bonchev–Trinajstić information content (AvgIpc) is 2.66. The Balaban J connectivity index is 1.83. The second-order valence-corrected chi connectivity index (χ2v) is 6.80. The Bertz CT molecular complexity index is 927. The van der Waals surface area contributed by atoms with E-state index >= 15 is 0 Å². The van der Waals surface area contributed by atoms with Crippen molar-refractivity contribution in [3.63, 3.8) is 0 Å². The minimum Gasteiger partial charge on any atom is -0.481 e. The Kier molecular flexibility index (Phi) is 5.53. The van der Waals surface area contributed by atoms with Gasteiger partial charge in [0.2, 0.25) is 5.88 Å². The molecule has 0 fully saturated rings. The molecule has 3 rings (SSSR count). The molecule has 3 aromatic rings. The number of benzene rings is 1. The van der Waals surface area contributed by atoms with E-state index in [-0.39, 0.29) is 5.91 Å². The van der Waals surface area contributed by atoms with Crippen molar-refractivity contribution in [3.05, 3.63) is 71.5 Å². The average molecular weight is 365 g/mol. The van der Waals surface area contributed by atoms with Gasteiger partial charge in [-0.25, -0.2) is 9.97 Å². The summed E-state index contributed by atoms with van der Waals surface area (Å²) in [4.78, 5) is 22.3. The van der Waals surface area contributed by atoms with Gasteiger partial charge in [0.1, 0.15) is 5.03 Å². The highest BCUT2D eigenvalue weighted by Gasteiger charge is 2.15. The van der Waals surface area contributed by atoms with Gasteiger partial charge in [0.25, 0.3) is 5.91 Å². The van der Waals surface area contributed by atoms with Crippen LogP contribution in [0, 0.1) is 13.8 Å². The first-order chi connectivity index (χ1) is 12.6. The van der Waals surface area contributed by atoms with Crippen LogP contribution >= 0.6 is 11.8 Å². The Morgan fingerprint density at radius 1 is 1.12 bits per heavy atom. The molecule has 2 aromatic heterocycles. The van der Waals surface area contributed by atoms with Crippen molar-refractivity contribution in [1.82, 2.24) is 9.97 Å². The van der Waals surface area contributed by atoms with Gasteiger partial charge < -0.3 is 10.1 Å². The molecule has 0 atom stereocenters. The number of aryl methyl sites for hydroxylation is 2. The number of hydrogen-bond acceptors (Lipinski definition) is 5. The van der Waals surface area contributed by atoms with Gasteiger partial charge in [0, 0.05) is 17.2 Å². The molecule has 1 aromatic carbocycles. The first kappa shape index (κ1) is 17.9. The van der Waals surface area contributed by atoms with Crippen LogP contribution in [0.1, 0.15) is 21.5 Å². The molecule has 0 spiro atoms. The number of aromatic nitrogens is 2. The quantitative estimate of drug-likeness (QED) is 0.721. The molecule has 0 saturated carbocycles. The van der Waals surface area contributed by atoms with Crippen LogP contribution in [0.5, 0.6) is 5.88 Å². The fourth-order valence-corrected chi connectivity index (χ4v) is 3.41. The van der Waals surface area contributed by atoms with Crippen LogP contribution < -0.4 is 10.1 Å². The second-order valence-electron chi connectivity index (χ2n) is 5.77. The third-order valence-corrected chi connectivity index (χ3v) is 4.95. The Labute approximate surface area is 156 Å². The fourth-order valence-electron chi connectivity index (χ4n) is 2.34. The van der Waals surface area contributed by atoms with Crippen molar-refractivity contribution in [2.75, 3.05) is 12.4 Å². The molecule has 6 heteroatoms. The second kappa shape index (κ2) is 8.01. The summed E-state index contributed by atoms with van der Waals surface area (Å²) in [5, 5.41) is 3.52. The van der Waals surface area contributed by atoms with Crippen molar-refractivity contribution in [2.45, 2.75) is 23.8 Å². The van der Waals surface area contributed by atoms with Gasteiger partial charge in [-0.1, -0.05) is 23.9 Å². The molecule has 1 N–H and O–H groups in total. The van der Waals surface area contributed by atoms with Crippen LogP contribution in [0.25, 0.3) is 0 Å². The number of anilines is 1.